The maximum Gasteiger partial charge on any atom is 0.163 e. The number of fused-ring (bicyclic) bond motifs is 9. The van der Waals surface area contributed by atoms with Crippen LogP contribution in [-0.4, -0.2) is 24.1 Å². The maximum atomic E-state index is 5.64. The van der Waals surface area contributed by atoms with Gasteiger partial charge in [0, 0.05) is 44.0 Å². The number of rotatable bonds is 6. The Bertz CT molecular complexity index is 3650. The molecule has 0 bridgehead atoms. The van der Waals surface area contributed by atoms with E-state index in [0.29, 0.717) is 17.5 Å². The average molecular weight is 804 g/mol. The Morgan fingerprint density at radius 1 is 0.317 bits per heavy atom. The smallest absolute Gasteiger partial charge is 0.163 e. The standard InChI is InChI=1S/C58H37N5/c1-3-19-40(20-4-1)58(49-29-12-7-24-43(49)44-25-8-13-30-50(44)58)57-60-55(38-18-17-23-42(36-38)63-52-32-15-9-26-45(52)46-27-10-16-33-53(46)63)59-56(61-57)39-34-35-48-47-28-11-14-31-51(47)62(54(48)37-39)41-21-5-2-6-22-41/h1-37H. The molecule has 13 rings (SSSR count). The van der Waals surface area contributed by atoms with Crippen LogP contribution in [0.25, 0.3) is 88.9 Å². The molecular formula is C58H37N5. The lowest BCUT2D eigenvalue weighted by molar-refractivity contribution is 0.692. The van der Waals surface area contributed by atoms with Gasteiger partial charge in [-0.2, -0.15) is 0 Å². The van der Waals surface area contributed by atoms with E-state index in [1.54, 1.807) is 0 Å². The molecule has 1 aliphatic rings. The van der Waals surface area contributed by atoms with E-state index in [1.165, 1.54) is 32.7 Å². The summed E-state index contributed by atoms with van der Waals surface area (Å²) in [7, 11) is 0. The molecule has 12 aromatic rings. The maximum absolute atomic E-state index is 5.64. The topological polar surface area (TPSA) is 48.5 Å². The van der Waals surface area contributed by atoms with Crippen LogP contribution in [0, 0.1) is 0 Å². The van der Waals surface area contributed by atoms with Crippen LogP contribution in [0.5, 0.6) is 0 Å². The first-order chi connectivity index (χ1) is 31.3. The molecule has 9 aromatic carbocycles. The van der Waals surface area contributed by atoms with Gasteiger partial charge in [-0.1, -0.05) is 176 Å². The number of hydrogen-bond donors (Lipinski definition) is 0. The van der Waals surface area contributed by atoms with E-state index < -0.39 is 5.41 Å². The van der Waals surface area contributed by atoms with Gasteiger partial charge in [-0.3, -0.25) is 0 Å². The summed E-state index contributed by atoms with van der Waals surface area (Å²) in [6.07, 6.45) is 0. The quantitative estimate of drug-likeness (QED) is 0.168. The Balaban J connectivity index is 1.11. The van der Waals surface area contributed by atoms with Crippen LogP contribution in [0.2, 0.25) is 0 Å². The van der Waals surface area contributed by atoms with Gasteiger partial charge in [0.1, 0.15) is 5.41 Å². The fraction of sp³-hybridized carbons (Fsp3) is 0.0172. The summed E-state index contributed by atoms with van der Waals surface area (Å²) in [4.78, 5) is 16.7. The molecule has 294 valence electrons. The van der Waals surface area contributed by atoms with Gasteiger partial charge in [-0.25, -0.2) is 15.0 Å². The van der Waals surface area contributed by atoms with Crippen molar-refractivity contribution in [3.63, 3.8) is 0 Å². The summed E-state index contributed by atoms with van der Waals surface area (Å²) in [5.41, 5.74) is 13.4. The van der Waals surface area contributed by atoms with E-state index in [1.807, 2.05) is 0 Å². The molecule has 5 heteroatoms. The minimum Gasteiger partial charge on any atom is -0.309 e. The fourth-order valence-electron chi connectivity index (χ4n) is 10.4. The van der Waals surface area contributed by atoms with Crippen LogP contribution in [0.15, 0.2) is 224 Å². The normalized spacial score (nSPS) is 12.9. The summed E-state index contributed by atoms with van der Waals surface area (Å²) >= 11 is 0. The predicted octanol–water partition coefficient (Wildman–Crippen LogP) is 13.8. The van der Waals surface area contributed by atoms with Gasteiger partial charge in [0.15, 0.2) is 17.5 Å². The second-order valence-electron chi connectivity index (χ2n) is 16.4. The molecule has 0 fully saturated rings. The Kier molecular flexibility index (Phi) is 7.75. The molecule has 0 saturated heterocycles. The highest BCUT2D eigenvalue weighted by molar-refractivity contribution is 6.11. The highest BCUT2D eigenvalue weighted by Crippen LogP contribution is 2.55. The number of benzene rings is 9. The molecule has 0 N–H and O–H groups in total. The van der Waals surface area contributed by atoms with Crippen LogP contribution in [0.4, 0.5) is 0 Å². The first-order valence-electron chi connectivity index (χ1n) is 21.5. The third-order valence-corrected chi connectivity index (χ3v) is 13.0. The molecule has 0 radical (unpaired) electrons. The van der Waals surface area contributed by atoms with E-state index in [9.17, 15) is 0 Å². The second kappa shape index (κ2) is 13.8. The van der Waals surface area contributed by atoms with Gasteiger partial charge >= 0.3 is 0 Å². The predicted molar refractivity (Wildman–Crippen MR) is 257 cm³/mol. The highest BCUT2D eigenvalue weighted by atomic mass is 15.1. The van der Waals surface area contributed by atoms with Crippen LogP contribution >= 0.6 is 0 Å². The molecule has 0 spiro atoms. The van der Waals surface area contributed by atoms with E-state index >= 15 is 0 Å². The Labute approximate surface area is 363 Å². The van der Waals surface area contributed by atoms with Crippen molar-refractivity contribution >= 4 is 43.6 Å². The zero-order valence-electron chi connectivity index (χ0n) is 34.1. The Morgan fingerprint density at radius 2 is 0.778 bits per heavy atom. The van der Waals surface area contributed by atoms with Gasteiger partial charge in [-0.05, 0) is 76.3 Å². The third kappa shape index (κ3) is 5.20. The summed E-state index contributed by atoms with van der Waals surface area (Å²) in [6, 6.07) is 80.0. The van der Waals surface area contributed by atoms with E-state index in [4.69, 9.17) is 15.0 Å². The minimum atomic E-state index is -0.825. The first kappa shape index (κ1) is 35.4. The minimum absolute atomic E-state index is 0.610. The monoisotopic (exact) mass is 803 g/mol. The van der Waals surface area contributed by atoms with Gasteiger partial charge in [0.25, 0.3) is 0 Å². The van der Waals surface area contributed by atoms with Gasteiger partial charge in [0.05, 0.1) is 22.1 Å². The van der Waals surface area contributed by atoms with Crippen LogP contribution in [-0.2, 0) is 5.41 Å². The third-order valence-electron chi connectivity index (χ3n) is 13.0. The lowest BCUT2D eigenvalue weighted by atomic mass is 9.71. The van der Waals surface area contributed by atoms with Crippen molar-refractivity contribution in [3.8, 4) is 45.3 Å². The number of hydrogen-bond acceptors (Lipinski definition) is 3. The van der Waals surface area contributed by atoms with Crippen molar-refractivity contribution in [2.75, 3.05) is 0 Å². The van der Waals surface area contributed by atoms with Gasteiger partial charge in [0.2, 0.25) is 0 Å². The molecular weight excluding hydrogens is 767 g/mol. The number of aromatic nitrogens is 5. The molecule has 3 heterocycles. The molecule has 0 amide bonds. The first-order valence-corrected chi connectivity index (χ1v) is 21.5. The molecule has 5 nitrogen and oxygen atoms in total. The lowest BCUT2D eigenvalue weighted by Crippen LogP contribution is -2.31. The second-order valence-corrected chi connectivity index (χ2v) is 16.4. The zero-order valence-corrected chi connectivity index (χ0v) is 34.1. The molecule has 0 unspecified atom stereocenters. The molecule has 63 heavy (non-hydrogen) atoms. The van der Waals surface area contributed by atoms with Crippen molar-refractivity contribution in [3.05, 3.63) is 247 Å². The van der Waals surface area contributed by atoms with Crippen molar-refractivity contribution in [1.29, 1.82) is 0 Å². The van der Waals surface area contributed by atoms with Crippen molar-refractivity contribution in [1.82, 2.24) is 24.1 Å². The molecule has 1 aliphatic carbocycles. The van der Waals surface area contributed by atoms with Crippen LogP contribution < -0.4 is 0 Å². The van der Waals surface area contributed by atoms with Crippen LogP contribution in [0.1, 0.15) is 22.5 Å². The number of nitrogens with zero attached hydrogens (tertiary/aromatic N) is 5. The molecule has 0 aliphatic heterocycles. The summed E-state index contributed by atoms with van der Waals surface area (Å²) in [6.45, 7) is 0. The largest absolute Gasteiger partial charge is 0.309 e. The average Bonchev–Trinajstić information content (AvgIpc) is 3.99. The van der Waals surface area contributed by atoms with Crippen molar-refractivity contribution in [2.45, 2.75) is 5.41 Å². The zero-order chi connectivity index (χ0) is 41.5. The van der Waals surface area contributed by atoms with Gasteiger partial charge < -0.3 is 9.13 Å². The van der Waals surface area contributed by atoms with Crippen LogP contribution in [0.3, 0.4) is 0 Å². The summed E-state index contributed by atoms with van der Waals surface area (Å²) in [5.74, 6) is 1.90. The van der Waals surface area contributed by atoms with E-state index in [0.717, 1.165) is 61.3 Å². The van der Waals surface area contributed by atoms with Crippen molar-refractivity contribution < 1.29 is 0 Å². The van der Waals surface area contributed by atoms with E-state index in [-0.39, 0.29) is 0 Å². The fourth-order valence-corrected chi connectivity index (χ4v) is 10.4. The SMILES string of the molecule is c1ccc(-n2c3ccccc3c3ccc(-c4nc(-c5cccc(-n6c7ccccc7c7ccccc76)c5)nc(C5(c6ccccc6)c6ccccc6-c6ccccc65)n4)cc32)cc1. The lowest BCUT2D eigenvalue weighted by Gasteiger charge is -2.32. The number of para-hydroxylation sites is 4. The Morgan fingerprint density at radius 3 is 1.38 bits per heavy atom. The molecule has 0 saturated carbocycles. The molecule has 0 atom stereocenters. The van der Waals surface area contributed by atoms with Crippen molar-refractivity contribution in [2.24, 2.45) is 0 Å². The van der Waals surface area contributed by atoms with E-state index in [2.05, 4.69) is 234 Å². The highest BCUT2D eigenvalue weighted by Gasteiger charge is 2.48. The summed E-state index contributed by atoms with van der Waals surface area (Å²) < 4.78 is 4.70. The summed E-state index contributed by atoms with van der Waals surface area (Å²) in [5, 5.41) is 4.81. The Hall–Kier alpha value is -8.41. The molecule has 3 aromatic heterocycles. The van der Waals surface area contributed by atoms with Gasteiger partial charge in [-0.15, -0.1) is 0 Å².